The first kappa shape index (κ1) is 11.8. The third kappa shape index (κ3) is 3.42. The fourth-order valence-corrected chi connectivity index (χ4v) is 1.80. The number of carboxylic acids is 1. The Hall–Kier alpha value is -1.26. The Morgan fingerprint density at radius 2 is 2.40 bits per heavy atom. The van der Waals surface area contributed by atoms with E-state index in [0.29, 0.717) is 19.6 Å². The Morgan fingerprint density at radius 1 is 1.67 bits per heavy atom. The zero-order chi connectivity index (χ0) is 11.3. The first-order valence-corrected chi connectivity index (χ1v) is 5.30. The van der Waals surface area contributed by atoms with Gasteiger partial charge in [0, 0.05) is 12.6 Å². The summed E-state index contributed by atoms with van der Waals surface area (Å²) in [6, 6.07) is -0.222. The van der Waals surface area contributed by atoms with Gasteiger partial charge in [0.15, 0.2) is 0 Å². The topological polar surface area (TPSA) is 66.8 Å². The number of carbonyl (C=O) groups is 2. The molecule has 1 aliphatic heterocycles. The minimum absolute atomic E-state index is 0.00292. The van der Waals surface area contributed by atoms with E-state index < -0.39 is 5.97 Å². The Balaban J connectivity index is 2.59. The van der Waals surface area contributed by atoms with Gasteiger partial charge in [-0.3, -0.25) is 4.79 Å². The van der Waals surface area contributed by atoms with Crippen LogP contribution in [0.1, 0.15) is 32.6 Å². The van der Waals surface area contributed by atoms with E-state index in [1.54, 1.807) is 4.90 Å². The number of rotatable bonds is 5. The summed E-state index contributed by atoms with van der Waals surface area (Å²) in [5, 5.41) is 8.75. The van der Waals surface area contributed by atoms with Crippen LogP contribution < -0.4 is 0 Å². The summed E-state index contributed by atoms with van der Waals surface area (Å²) in [5.41, 5.74) is 0. The maximum Gasteiger partial charge on any atom is 0.410 e. The van der Waals surface area contributed by atoms with Gasteiger partial charge in [-0.2, -0.15) is 0 Å². The number of hydrogen-bond donors (Lipinski definition) is 1. The highest BCUT2D eigenvalue weighted by atomic mass is 16.6. The van der Waals surface area contributed by atoms with Crippen molar-refractivity contribution >= 4 is 12.1 Å². The SMILES string of the molecule is CCCC(CC(=O)O)N1CCCOC1=O. The molecule has 1 N–H and O–H groups in total. The summed E-state index contributed by atoms with van der Waals surface area (Å²) < 4.78 is 4.89. The van der Waals surface area contributed by atoms with Crippen molar-refractivity contribution in [3.05, 3.63) is 0 Å². The van der Waals surface area contributed by atoms with Crippen molar-refractivity contribution in [2.75, 3.05) is 13.2 Å². The van der Waals surface area contributed by atoms with Gasteiger partial charge in [0.25, 0.3) is 0 Å². The van der Waals surface area contributed by atoms with Crippen LogP contribution in [-0.4, -0.2) is 41.3 Å². The molecule has 1 fully saturated rings. The Labute approximate surface area is 89.0 Å². The lowest BCUT2D eigenvalue weighted by Gasteiger charge is -2.33. The standard InChI is InChI=1S/C10H17NO4/c1-2-4-8(7-9(12)13)11-5-3-6-15-10(11)14/h8H,2-7H2,1H3,(H,12,13). The molecule has 0 spiro atoms. The predicted molar refractivity (Wildman–Crippen MR) is 53.6 cm³/mol. The summed E-state index contributed by atoms with van der Waals surface area (Å²) in [5.74, 6) is -0.869. The molecule has 0 bridgehead atoms. The van der Waals surface area contributed by atoms with Crippen LogP contribution in [0.3, 0.4) is 0 Å². The first-order chi connectivity index (χ1) is 7.15. The van der Waals surface area contributed by atoms with Gasteiger partial charge in [0.2, 0.25) is 0 Å². The second-order valence-electron chi connectivity index (χ2n) is 3.70. The van der Waals surface area contributed by atoms with Gasteiger partial charge in [-0.25, -0.2) is 4.79 Å². The van der Waals surface area contributed by atoms with Crippen LogP contribution in [0.2, 0.25) is 0 Å². The average Bonchev–Trinajstić information content (AvgIpc) is 2.17. The summed E-state index contributed by atoms with van der Waals surface area (Å²) in [7, 11) is 0. The molecule has 1 aliphatic rings. The van der Waals surface area contributed by atoms with E-state index in [4.69, 9.17) is 9.84 Å². The highest BCUT2D eigenvalue weighted by molar-refractivity contribution is 5.71. The van der Waals surface area contributed by atoms with Crippen molar-refractivity contribution in [1.82, 2.24) is 4.90 Å². The van der Waals surface area contributed by atoms with Crippen molar-refractivity contribution in [2.45, 2.75) is 38.6 Å². The summed E-state index contributed by atoms with van der Waals surface area (Å²) in [6.45, 7) is 3.03. The molecule has 1 saturated heterocycles. The molecule has 0 radical (unpaired) electrons. The highest BCUT2D eigenvalue weighted by Gasteiger charge is 2.28. The van der Waals surface area contributed by atoms with E-state index in [1.807, 2.05) is 6.92 Å². The van der Waals surface area contributed by atoms with Crippen molar-refractivity contribution in [1.29, 1.82) is 0 Å². The average molecular weight is 215 g/mol. The monoisotopic (exact) mass is 215 g/mol. The molecule has 0 aliphatic carbocycles. The molecule has 1 atom stereocenters. The quantitative estimate of drug-likeness (QED) is 0.754. The smallest absolute Gasteiger partial charge is 0.410 e. The third-order valence-electron chi connectivity index (χ3n) is 2.48. The van der Waals surface area contributed by atoms with Crippen molar-refractivity contribution in [3.63, 3.8) is 0 Å². The fraction of sp³-hybridized carbons (Fsp3) is 0.800. The number of carboxylic acid groups (broad SMARTS) is 1. The lowest BCUT2D eigenvalue weighted by molar-refractivity contribution is -0.138. The van der Waals surface area contributed by atoms with Crippen LogP contribution in [0.4, 0.5) is 4.79 Å². The second-order valence-corrected chi connectivity index (χ2v) is 3.70. The number of carbonyl (C=O) groups excluding carboxylic acids is 1. The molecule has 5 nitrogen and oxygen atoms in total. The molecular formula is C10H17NO4. The second kappa shape index (κ2) is 5.58. The molecule has 1 heterocycles. The third-order valence-corrected chi connectivity index (χ3v) is 2.48. The van der Waals surface area contributed by atoms with Crippen LogP contribution in [-0.2, 0) is 9.53 Å². The molecule has 1 unspecified atom stereocenters. The molecule has 15 heavy (non-hydrogen) atoms. The number of ether oxygens (including phenoxy) is 1. The van der Waals surface area contributed by atoms with Crippen molar-refractivity contribution < 1.29 is 19.4 Å². The minimum atomic E-state index is -0.869. The van der Waals surface area contributed by atoms with E-state index in [9.17, 15) is 9.59 Å². The normalized spacial score (nSPS) is 18.5. The number of aliphatic carboxylic acids is 1. The molecule has 5 heteroatoms. The van der Waals surface area contributed by atoms with Gasteiger partial charge in [0.1, 0.15) is 0 Å². The first-order valence-electron chi connectivity index (χ1n) is 5.30. The maximum absolute atomic E-state index is 11.4. The summed E-state index contributed by atoms with van der Waals surface area (Å²) in [4.78, 5) is 23.6. The van der Waals surface area contributed by atoms with Crippen LogP contribution in [0.5, 0.6) is 0 Å². The van der Waals surface area contributed by atoms with Gasteiger partial charge >= 0.3 is 12.1 Å². The Kier molecular flexibility index (Phi) is 4.39. The number of hydrogen-bond acceptors (Lipinski definition) is 3. The molecule has 0 aromatic heterocycles. The van der Waals surface area contributed by atoms with E-state index in [0.717, 1.165) is 12.8 Å². The minimum Gasteiger partial charge on any atom is -0.481 e. The molecule has 0 aromatic rings. The fourth-order valence-electron chi connectivity index (χ4n) is 1.80. The lowest BCUT2D eigenvalue weighted by Crippen LogP contribution is -2.45. The maximum atomic E-state index is 11.4. The zero-order valence-corrected chi connectivity index (χ0v) is 8.94. The highest BCUT2D eigenvalue weighted by Crippen LogP contribution is 2.16. The van der Waals surface area contributed by atoms with Crippen LogP contribution in [0.25, 0.3) is 0 Å². The Morgan fingerprint density at radius 3 is 2.93 bits per heavy atom. The van der Waals surface area contributed by atoms with E-state index in [-0.39, 0.29) is 18.6 Å². The molecule has 86 valence electrons. The molecular weight excluding hydrogens is 198 g/mol. The number of cyclic esters (lactones) is 1. The van der Waals surface area contributed by atoms with Crippen molar-refractivity contribution in [3.8, 4) is 0 Å². The van der Waals surface area contributed by atoms with Gasteiger partial charge in [0.05, 0.1) is 13.0 Å². The lowest BCUT2D eigenvalue weighted by atomic mass is 10.1. The van der Waals surface area contributed by atoms with Gasteiger partial charge in [-0.1, -0.05) is 13.3 Å². The van der Waals surface area contributed by atoms with E-state index in [1.165, 1.54) is 0 Å². The van der Waals surface area contributed by atoms with Gasteiger partial charge in [-0.05, 0) is 12.8 Å². The Bertz CT molecular complexity index is 242. The van der Waals surface area contributed by atoms with E-state index >= 15 is 0 Å². The zero-order valence-electron chi connectivity index (χ0n) is 8.94. The van der Waals surface area contributed by atoms with Crippen LogP contribution >= 0.6 is 0 Å². The van der Waals surface area contributed by atoms with Crippen LogP contribution in [0, 0.1) is 0 Å². The summed E-state index contributed by atoms with van der Waals surface area (Å²) >= 11 is 0. The molecule has 0 aromatic carbocycles. The predicted octanol–water partition coefficient (Wildman–Crippen LogP) is 1.47. The molecule has 0 saturated carbocycles. The van der Waals surface area contributed by atoms with Crippen molar-refractivity contribution in [2.24, 2.45) is 0 Å². The number of amides is 1. The largest absolute Gasteiger partial charge is 0.481 e. The summed E-state index contributed by atoms with van der Waals surface area (Å²) in [6.07, 6.45) is 1.98. The van der Waals surface area contributed by atoms with Gasteiger partial charge < -0.3 is 14.7 Å². The molecule has 1 rings (SSSR count). The van der Waals surface area contributed by atoms with Crippen LogP contribution in [0.15, 0.2) is 0 Å². The van der Waals surface area contributed by atoms with E-state index in [2.05, 4.69) is 0 Å². The van der Waals surface area contributed by atoms with Gasteiger partial charge in [-0.15, -0.1) is 0 Å². The number of nitrogens with zero attached hydrogens (tertiary/aromatic N) is 1. The molecule has 1 amide bonds.